The molecule has 1 saturated heterocycles. The fourth-order valence-electron chi connectivity index (χ4n) is 4.21. The van der Waals surface area contributed by atoms with Crippen LogP contribution in [0.1, 0.15) is 28.4 Å². The summed E-state index contributed by atoms with van der Waals surface area (Å²) in [6.07, 6.45) is 0.260. The lowest BCUT2D eigenvalue weighted by Crippen LogP contribution is -2.50. The first-order valence-corrected chi connectivity index (χ1v) is 12.5. The molecule has 3 amide bonds. The SMILES string of the molecule is CC(=O)N1CCN(C(=O)Cc2ccc(N(Cc3ccccc3)C(=O)c3ccc(Cl)cc3Cl)cc2)CC1. The van der Waals surface area contributed by atoms with Gasteiger partial charge in [0.25, 0.3) is 5.91 Å². The van der Waals surface area contributed by atoms with Gasteiger partial charge in [0.05, 0.1) is 23.6 Å². The molecule has 6 nitrogen and oxygen atoms in total. The maximum Gasteiger partial charge on any atom is 0.260 e. The van der Waals surface area contributed by atoms with Gasteiger partial charge in [-0.05, 0) is 41.5 Å². The van der Waals surface area contributed by atoms with Crippen LogP contribution in [-0.2, 0) is 22.6 Å². The predicted octanol–water partition coefficient (Wildman–Crippen LogP) is 5.07. The second-order valence-electron chi connectivity index (χ2n) is 8.73. The van der Waals surface area contributed by atoms with Crippen LogP contribution in [0.4, 0.5) is 5.69 Å². The second kappa shape index (κ2) is 11.6. The summed E-state index contributed by atoms with van der Waals surface area (Å²) in [6.45, 7) is 4.10. The number of hydrogen-bond donors (Lipinski definition) is 0. The zero-order valence-electron chi connectivity index (χ0n) is 20.0. The average Bonchev–Trinajstić information content (AvgIpc) is 2.88. The van der Waals surface area contributed by atoms with Crippen molar-refractivity contribution in [2.45, 2.75) is 19.9 Å². The van der Waals surface area contributed by atoms with Gasteiger partial charge < -0.3 is 14.7 Å². The predicted molar refractivity (Wildman–Crippen MR) is 142 cm³/mol. The van der Waals surface area contributed by atoms with Crippen LogP contribution in [-0.4, -0.2) is 53.7 Å². The summed E-state index contributed by atoms with van der Waals surface area (Å²) in [5.41, 5.74) is 2.89. The number of halogens is 2. The van der Waals surface area contributed by atoms with Gasteiger partial charge >= 0.3 is 0 Å². The Bertz CT molecular complexity index is 1240. The van der Waals surface area contributed by atoms with Gasteiger partial charge in [-0.2, -0.15) is 0 Å². The Morgan fingerprint density at radius 3 is 2.06 bits per heavy atom. The van der Waals surface area contributed by atoms with Crippen molar-refractivity contribution in [3.05, 3.63) is 99.5 Å². The Morgan fingerprint density at radius 2 is 1.44 bits per heavy atom. The van der Waals surface area contributed by atoms with Crippen LogP contribution in [0.5, 0.6) is 0 Å². The van der Waals surface area contributed by atoms with Crippen LogP contribution in [0.25, 0.3) is 0 Å². The van der Waals surface area contributed by atoms with Crippen LogP contribution >= 0.6 is 23.2 Å². The van der Waals surface area contributed by atoms with Crippen molar-refractivity contribution < 1.29 is 14.4 Å². The first-order chi connectivity index (χ1) is 17.3. The molecular weight excluding hydrogens is 497 g/mol. The second-order valence-corrected chi connectivity index (χ2v) is 9.57. The number of rotatable bonds is 6. The Morgan fingerprint density at radius 1 is 0.806 bits per heavy atom. The van der Waals surface area contributed by atoms with Crippen molar-refractivity contribution in [1.82, 2.24) is 9.80 Å². The van der Waals surface area contributed by atoms with Crippen LogP contribution in [0.15, 0.2) is 72.8 Å². The van der Waals surface area contributed by atoms with Gasteiger partial charge in [0.15, 0.2) is 0 Å². The van der Waals surface area contributed by atoms with Gasteiger partial charge in [0, 0.05) is 43.8 Å². The van der Waals surface area contributed by atoms with E-state index in [1.54, 1.807) is 39.8 Å². The Hall–Kier alpha value is -3.35. The summed E-state index contributed by atoms with van der Waals surface area (Å²) >= 11 is 12.4. The summed E-state index contributed by atoms with van der Waals surface area (Å²) in [5.74, 6) is -0.184. The van der Waals surface area contributed by atoms with Crippen LogP contribution < -0.4 is 4.90 Å². The lowest BCUT2D eigenvalue weighted by molar-refractivity contribution is -0.138. The van der Waals surface area contributed by atoms with E-state index in [-0.39, 0.29) is 29.2 Å². The quantitative estimate of drug-likeness (QED) is 0.452. The van der Waals surface area contributed by atoms with Crippen LogP contribution in [0.3, 0.4) is 0 Å². The number of carbonyl (C=O) groups is 3. The third-order valence-electron chi connectivity index (χ3n) is 6.27. The molecule has 0 saturated carbocycles. The summed E-state index contributed by atoms with van der Waals surface area (Å²) in [5, 5.41) is 0.750. The molecule has 0 aliphatic carbocycles. The largest absolute Gasteiger partial charge is 0.339 e. The minimum absolute atomic E-state index is 0.0242. The van der Waals surface area contributed by atoms with Gasteiger partial charge in [0.2, 0.25) is 11.8 Å². The highest BCUT2D eigenvalue weighted by atomic mass is 35.5. The van der Waals surface area contributed by atoms with Gasteiger partial charge in [0.1, 0.15) is 0 Å². The third kappa shape index (κ3) is 6.25. The molecule has 0 bridgehead atoms. The fourth-order valence-corrected chi connectivity index (χ4v) is 4.69. The molecule has 0 aromatic heterocycles. The number of nitrogens with zero attached hydrogens (tertiary/aromatic N) is 3. The summed E-state index contributed by atoms with van der Waals surface area (Å²) in [6, 6.07) is 22.0. The van der Waals surface area contributed by atoms with E-state index in [1.165, 1.54) is 0 Å². The maximum absolute atomic E-state index is 13.5. The minimum Gasteiger partial charge on any atom is -0.339 e. The van der Waals surface area contributed by atoms with Crippen molar-refractivity contribution in [1.29, 1.82) is 0 Å². The minimum atomic E-state index is -0.243. The molecule has 3 aromatic carbocycles. The number of carbonyl (C=O) groups excluding carboxylic acids is 3. The maximum atomic E-state index is 13.5. The van der Waals surface area contributed by atoms with Crippen molar-refractivity contribution in [2.24, 2.45) is 0 Å². The summed E-state index contributed by atoms with van der Waals surface area (Å²) < 4.78 is 0. The number of hydrogen-bond acceptors (Lipinski definition) is 3. The summed E-state index contributed by atoms with van der Waals surface area (Å²) in [4.78, 5) is 43.1. The molecule has 1 heterocycles. The number of piperazine rings is 1. The molecule has 1 aliphatic heterocycles. The topological polar surface area (TPSA) is 60.9 Å². The molecule has 4 rings (SSSR count). The van der Waals surface area contributed by atoms with Crippen LogP contribution in [0.2, 0.25) is 10.0 Å². The molecule has 0 unspecified atom stereocenters. The smallest absolute Gasteiger partial charge is 0.260 e. The Labute approximate surface area is 221 Å². The fraction of sp³-hybridized carbons (Fsp3) is 0.250. The molecule has 8 heteroatoms. The van der Waals surface area contributed by atoms with E-state index in [1.807, 2.05) is 54.6 Å². The average molecular weight is 524 g/mol. The standard InChI is InChI=1S/C28H27Cl2N3O3/c1-20(34)31-13-15-32(16-14-31)27(35)17-21-7-10-24(11-8-21)33(19-22-5-3-2-4-6-22)28(36)25-12-9-23(29)18-26(25)30/h2-12,18H,13-17,19H2,1H3. The molecular formula is C28H27Cl2N3O3. The molecule has 36 heavy (non-hydrogen) atoms. The summed E-state index contributed by atoms with van der Waals surface area (Å²) in [7, 11) is 0. The van der Waals surface area contributed by atoms with Gasteiger partial charge in [-0.15, -0.1) is 0 Å². The Kier molecular flexibility index (Phi) is 8.28. The lowest BCUT2D eigenvalue weighted by atomic mass is 10.1. The number of anilines is 1. The van der Waals surface area contributed by atoms with Crippen molar-refractivity contribution in [3.63, 3.8) is 0 Å². The van der Waals surface area contributed by atoms with Crippen molar-refractivity contribution >= 4 is 46.6 Å². The molecule has 1 aliphatic rings. The van der Waals surface area contributed by atoms with E-state index in [2.05, 4.69) is 0 Å². The van der Waals surface area contributed by atoms with Gasteiger partial charge in [-0.1, -0.05) is 65.7 Å². The highest BCUT2D eigenvalue weighted by molar-refractivity contribution is 6.37. The van der Waals surface area contributed by atoms with Gasteiger partial charge in [-0.25, -0.2) is 0 Å². The van der Waals surface area contributed by atoms with Crippen LogP contribution in [0, 0.1) is 0 Å². The number of benzene rings is 3. The molecule has 186 valence electrons. The van der Waals surface area contributed by atoms with E-state index in [9.17, 15) is 14.4 Å². The van der Waals surface area contributed by atoms with Crippen molar-refractivity contribution in [2.75, 3.05) is 31.1 Å². The zero-order valence-corrected chi connectivity index (χ0v) is 21.5. The third-order valence-corrected chi connectivity index (χ3v) is 6.82. The van der Waals surface area contributed by atoms with Gasteiger partial charge in [-0.3, -0.25) is 14.4 Å². The van der Waals surface area contributed by atoms with E-state index in [0.717, 1.165) is 11.1 Å². The normalized spacial score (nSPS) is 13.4. The first-order valence-electron chi connectivity index (χ1n) is 11.7. The zero-order chi connectivity index (χ0) is 25.7. The molecule has 0 atom stereocenters. The molecule has 0 N–H and O–H groups in total. The van der Waals surface area contributed by atoms with Crippen molar-refractivity contribution in [3.8, 4) is 0 Å². The molecule has 3 aromatic rings. The number of amides is 3. The monoisotopic (exact) mass is 523 g/mol. The van der Waals surface area contributed by atoms with E-state index < -0.39 is 0 Å². The van der Waals surface area contributed by atoms with E-state index in [0.29, 0.717) is 49.0 Å². The van der Waals surface area contributed by atoms with E-state index >= 15 is 0 Å². The van der Waals surface area contributed by atoms with E-state index in [4.69, 9.17) is 23.2 Å². The molecule has 0 radical (unpaired) electrons. The lowest BCUT2D eigenvalue weighted by Gasteiger charge is -2.34. The Balaban J connectivity index is 1.51. The highest BCUT2D eigenvalue weighted by Crippen LogP contribution is 2.26. The highest BCUT2D eigenvalue weighted by Gasteiger charge is 2.23. The first kappa shape index (κ1) is 25.7. The molecule has 1 fully saturated rings. The molecule has 0 spiro atoms.